The van der Waals surface area contributed by atoms with Gasteiger partial charge in [0.25, 0.3) is 0 Å². The van der Waals surface area contributed by atoms with Crippen molar-refractivity contribution >= 4 is 55.1 Å². The Morgan fingerprint density at radius 3 is 2.06 bits per heavy atom. The fraction of sp³-hybridized carbons (Fsp3) is 0. The molecule has 0 aliphatic heterocycles. The van der Waals surface area contributed by atoms with E-state index < -0.39 is 0 Å². The highest BCUT2D eigenvalue weighted by molar-refractivity contribution is 9.13. The average molecular weight is 383 g/mol. The molecule has 82 valence electrons. The molecule has 0 unspecified atom stereocenters. The van der Waals surface area contributed by atoms with Gasteiger partial charge >= 0.3 is 0 Å². The summed E-state index contributed by atoms with van der Waals surface area (Å²) < 4.78 is 1.88. The molecule has 1 aromatic carbocycles. The molecule has 16 heavy (non-hydrogen) atoms. The van der Waals surface area contributed by atoms with Crippen molar-refractivity contribution in [1.29, 1.82) is 0 Å². The van der Waals surface area contributed by atoms with Gasteiger partial charge in [-0.3, -0.25) is 0 Å². The van der Waals surface area contributed by atoms with E-state index in [1.165, 1.54) is 6.07 Å². The van der Waals surface area contributed by atoms with Gasteiger partial charge in [-0.2, -0.15) is 0 Å². The summed E-state index contributed by atoms with van der Waals surface area (Å²) in [5.41, 5.74) is 0.847. The van der Waals surface area contributed by atoms with Crippen LogP contribution in [0.25, 0.3) is 11.4 Å². The number of aromatic nitrogens is 2. The molecule has 0 aliphatic carbocycles. The summed E-state index contributed by atoms with van der Waals surface area (Å²) in [5, 5.41) is 0.656. The number of nitrogens with zero attached hydrogens (tertiary/aromatic N) is 2. The molecule has 0 atom stereocenters. The zero-order valence-corrected chi connectivity index (χ0v) is 12.4. The molecule has 0 aliphatic rings. The second kappa shape index (κ2) is 5.00. The molecule has 2 aromatic rings. The predicted octanol–water partition coefficient (Wildman–Crippen LogP) is 4.98. The third-order valence-corrected chi connectivity index (χ3v) is 4.11. The van der Waals surface area contributed by atoms with E-state index in [2.05, 4.69) is 41.8 Å². The molecule has 1 heterocycles. The van der Waals surface area contributed by atoms with Crippen LogP contribution in [0.4, 0.5) is 0 Å². The predicted molar refractivity (Wildman–Crippen MR) is 72.9 cm³/mol. The highest BCUT2D eigenvalue weighted by Crippen LogP contribution is 2.28. The van der Waals surface area contributed by atoms with Crippen molar-refractivity contribution in [3.63, 3.8) is 0 Å². The number of halogens is 4. The third kappa shape index (κ3) is 2.74. The molecule has 1 aromatic heterocycles. The first-order chi connectivity index (χ1) is 7.56. The minimum atomic E-state index is 0.328. The van der Waals surface area contributed by atoms with Crippen LogP contribution in [0.2, 0.25) is 10.3 Å². The van der Waals surface area contributed by atoms with Crippen LogP contribution in [0.15, 0.2) is 33.2 Å². The minimum absolute atomic E-state index is 0.328. The van der Waals surface area contributed by atoms with Crippen LogP contribution in [0.1, 0.15) is 0 Å². The van der Waals surface area contributed by atoms with Gasteiger partial charge in [0.1, 0.15) is 10.3 Å². The van der Waals surface area contributed by atoms with Crippen molar-refractivity contribution in [3.05, 3.63) is 43.5 Å². The number of benzene rings is 1. The molecule has 0 bridgehead atoms. The molecule has 0 spiro atoms. The summed E-state index contributed by atoms with van der Waals surface area (Å²) in [6.07, 6.45) is 0. The van der Waals surface area contributed by atoms with Gasteiger partial charge in [0.15, 0.2) is 5.82 Å². The monoisotopic (exact) mass is 380 g/mol. The Labute approximate surface area is 119 Å². The SMILES string of the molecule is Clc1cc(Cl)nc(-c2ccc(Br)c(Br)c2)n1. The van der Waals surface area contributed by atoms with Crippen LogP contribution in [0, 0.1) is 0 Å². The van der Waals surface area contributed by atoms with Gasteiger partial charge in [0.05, 0.1) is 0 Å². The van der Waals surface area contributed by atoms with Crippen molar-refractivity contribution < 1.29 is 0 Å². The lowest BCUT2D eigenvalue weighted by Crippen LogP contribution is -1.90. The largest absolute Gasteiger partial charge is 0.216 e. The van der Waals surface area contributed by atoms with Crippen LogP contribution in [0.3, 0.4) is 0 Å². The Morgan fingerprint density at radius 1 is 0.875 bits per heavy atom. The number of rotatable bonds is 1. The molecule has 0 N–H and O–H groups in total. The van der Waals surface area contributed by atoms with Crippen molar-refractivity contribution in [2.75, 3.05) is 0 Å². The summed E-state index contributed by atoms with van der Waals surface area (Å²) in [6, 6.07) is 7.18. The lowest BCUT2D eigenvalue weighted by molar-refractivity contribution is 1.17. The fourth-order valence-electron chi connectivity index (χ4n) is 1.15. The van der Waals surface area contributed by atoms with Gasteiger partial charge in [-0.15, -0.1) is 0 Å². The van der Waals surface area contributed by atoms with E-state index >= 15 is 0 Å². The quantitative estimate of drug-likeness (QED) is 0.650. The van der Waals surface area contributed by atoms with E-state index in [4.69, 9.17) is 23.2 Å². The molecule has 0 saturated heterocycles. The number of hydrogen-bond donors (Lipinski definition) is 0. The first kappa shape index (κ1) is 12.3. The first-order valence-electron chi connectivity index (χ1n) is 4.22. The van der Waals surface area contributed by atoms with Crippen molar-refractivity contribution in [2.45, 2.75) is 0 Å². The van der Waals surface area contributed by atoms with Gasteiger partial charge in [-0.25, -0.2) is 9.97 Å². The molecule has 0 fully saturated rings. The summed E-state index contributed by atoms with van der Waals surface area (Å²) in [4.78, 5) is 8.22. The van der Waals surface area contributed by atoms with Gasteiger partial charge in [-0.1, -0.05) is 23.2 Å². The normalized spacial score (nSPS) is 10.5. The smallest absolute Gasteiger partial charge is 0.162 e. The van der Waals surface area contributed by atoms with E-state index in [9.17, 15) is 0 Å². The molecular formula is C10H4Br2Cl2N2. The summed E-state index contributed by atoms with van der Waals surface area (Å²) in [6.45, 7) is 0. The summed E-state index contributed by atoms with van der Waals surface area (Å²) in [7, 11) is 0. The topological polar surface area (TPSA) is 25.8 Å². The maximum atomic E-state index is 5.81. The van der Waals surface area contributed by atoms with E-state index in [1.807, 2.05) is 18.2 Å². The Balaban J connectivity index is 2.54. The second-order valence-corrected chi connectivity index (χ2v) is 5.45. The van der Waals surface area contributed by atoms with Crippen molar-refractivity contribution in [3.8, 4) is 11.4 Å². The van der Waals surface area contributed by atoms with E-state index in [1.54, 1.807) is 0 Å². The molecule has 0 amide bonds. The van der Waals surface area contributed by atoms with Gasteiger partial charge < -0.3 is 0 Å². The zero-order valence-electron chi connectivity index (χ0n) is 7.72. The van der Waals surface area contributed by atoms with Crippen LogP contribution in [-0.2, 0) is 0 Å². The summed E-state index contributed by atoms with van der Waals surface area (Å²) >= 11 is 18.4. The Kier molecular flexibility index (Phi) is 3.85. The molecule has 2 nitrogen and oxygen atoms in total. The maximum absolute atomic E-state index is 5.81. The molecular weight excluding hydrogens is 379 g/mol. The van der Waals surface area contributed by atoms with Gasteiger partial charge in [-0.05, 0) is 50.1 Å². The molecule has 6 heteroatoms. The van der Waals surface area contributed by atoms with Crippen molar-refractivity contribution in [1.82, 2.24) is 9.97 Å². The second-order valence-electron chi connectivity index (χ2n) is 2.97. The Morgan fingerprint density at radius 2 is 1.50 bits per heavy atom. The summed E-state index contributed by atoms with van der Waals surface area (Å²) in [5.74, 6) is 0.505. The molecule has 0 radical (unpaired) electrons. The average Bonchev–Trinajstić information content (AvgIpc) is 2.20. The van der Waals surface area contributed by atoms with E-state index in [0.717, 1.165) is 14.5 Å². The highest BCUT2D eigenvalue weighted by atomic mass is 79.9. The fourth-order valence-corrected chi connectivity index (χ4v) is 2.20. The van der Waals surface area contributed by atoms with E-state index in [-0.39, 0.29) is 0 Å². The highest BCUT2D eigenvalue weighted by Gasteiger charge is 2.06. The Bertz CT molecular complexity index is 526. The minimum Gasteiger partial charge on any atom is -0.216 e. The van der Waals surface area contributed by atoms with Crippen LogP contribution < -0.4 is 0 Å². The third-order valence-electron chi connectivity index (χ3n) is 1.84. The van der Waals surface area contributed by atoms with Crippen molar-refractivity contribution in [2.24, 2.45) is 0 Å². The maximum Gasteiger partial charge on any atom is 0.162 e. The van der Waals surface area contributed by atoms with E-state index in [0.29, 0.717) is 16.1 Å². The number of hydrogen-bond acceptors (Lipinski definition) is 2. The lowest BCUT2D eigenvalue weighted by Gasteiger charge is -2.03. The van der Waals surface area contributed by atoms with Crippen LogP contribution >= 0.6 is 55.1 Å². The lowest BCUT2D eigenvalue weighted by atomic mass is 10.2. The standard InChI is InChI=1S/C10H4Br2Cl2N2/c11-6-2-1-5(3-7(6)12)10-15-8(13)4-9(14)16-10/h1-4H. The van der Waals surface area contributed by atoms with Gasteiger partial charge in [0.2, 0.25) is 0 Å². The zero-order chi connectivity index (χ0) is 11.7. The van der Waals surface area contributed by atoms with Crippen LogP contribution in [0.5, 0.6) is 0 Å². The Hall–Kier alpha value is -0.160. The van der Waals surface area contributed by atoms with Crippen LogP contribution in [-0.4, -0.2) is 9.97 Å². The molecule has 0 saturated carbocycles. The van der Waals surface area contributed by atoms with Gasteiger partial charge in [0, 0.05) is 20.6 Å². The molecule has 2 rings (SSSR count). The first-order valence-corrected chi connectivity index (χ1v) is 6.56.